The van der Waals surface area contributed by atoms with E-state index in [1.165, 1.54) is 0 Å². The molecule has 0 aromatic heterocycles. The molecule has 0 radical (unpaired) electrons. The molecule has 1 fully saturated rings. The standard InChI is InChI=1S/C12H21F3N2O3/c1-3-11(2)8-17(5-7-20-11)10(18)16-4-6-19-9-12(13,14)15/h3-9H2,1-2H3,(H,16,18)/t11-/m1/s1. The van der Waals surface area contributed by atoms with E-state index >= 15 is 0 Å². The summed E-state index contributed by atoms with van der Waals surface area (Å²) < 4.78 is 45.5. The van der Waals surface area contributed by atoms with Gasteiger partial charge in [-0.3, -0.25) is 0 Å². The molecule has 8 heteroatoms. The van der Waals surface area contributed by atoms with Crippen LogP contribution in [0.15, 0.2) is 0 Å². The third kappa shape index (κ3) is 5.96. The Morgan fingerprint density at radius 3 is 2.80 bits per heavy atom. The smallest absolute Gasteiger partial charge is 0.372 e. The molecule has 118 valence electrons. The molecule has 1 atom stereocenters. The summed E-state index contributed by atoms with van der Waals surface area (Å²) in [4.78, 5) is 13.5. The minimum atomic E-state index is -4.34. The van der Waals surface area contributed by atoms with E-state index in [2.05, 4.69) is 10.1 Å². The van der Waals surface area contributed by atoms with Crippen LogP contribution in [0.1, 0.15) is 20.3 Å². The zero-order valence-corrected chi connectivity index (χ0v) is 11.8. The number of hydrogen-bond acceptors (Lipinski definition) is 3. The number of carbonyl (C=O) groups is 1. The predicted octanol–water partition coefficient (Wildman–Crippen LogP) is 1.78. The van der Waals surface area contributed by atoms with Gasteiger partial charge < -0.3 is 19.7 Å². The van der Waals surface area contributed by atoms with Crippen molar-refractivity contribution in [2.75, 3.05) is 39.5 Å². The summed E-state index contributed by atoms with van der Waals surface area (Å²) in [6, 6.07) is -0.302. The average Bonchev–Trinajstić information content (AvgIpc) is 2.37. The van der Waals surface area contributed by atoms with Crippen molar-refractivity contribution in [1.29, 1.82) is 0 Å². The SMILES string of the molecule is CC[C@]1(C)CN(C(=O)NCCOCC(F)(F)F)CCO1. The second-order valence-corrected chi connectivity index (χ2v) is 4.97. The lowest BCUT2D eigenvalue weighted by atomic mass is 10.0. The number of urea groups is 1. The van der Waals surface area contributed by atoms with Crippen LogP contribution in [-0.2, 0) is 9.47 Å². The highest BCUT2D eigenvalue weighted by molar-refractivity contribution is 5.74. The Balaban J connectivity index is 2.22. The Bertz CT molecular complexity index is 326. The number of nitrogens with one attached hydrogen (secondary N) is 1. The highest BCUT2D eigenvalue weighted by Gasteiger charge is 2.32. The lowest BCUT2D eigenvalue weighted by molar-refractivity contribution is -0.173. The van der Waals surface area contributed by atoms with E-state index < -0.39 is 12.8 Å². The van der Waals surface area contributed by atoms with Crippen LogP contribution in [0.25, 0.3) is 0 Å². The molecule has 0 aromatic rings. The van der Waals surface area contributed by atoms with Gasteiger partial charge in [-0.2, -0.15) is 13.2 Å². The maximum absolute atomic E-state index is 11.8. The molecule has 0 aliphatic carbocycles. The molecule has 5 nitrogen and oxygen atoms in total. The van der Waals surface area contributed by atoms with Gasteiger partial charge in [0.2, 0.25) is 0 Å². The Morgan fingerprint density at radius 1 is 1.50 bits per heavy atom. The minimum absolute atomic E-state index is 0.0507. The van der Waals surface area contributed by atoms with Crippen molar-refractivity contribution < 1.29 is 27.4 Å². The van der Waals surface area contributed by atoms with Crippen LogP contribution in [-0.4, -0.2) is 62.2 Å². The third-order valence-electron chi connectivity index (χ3n) is 3.16. The van der Waals surface area contributed by atoms with E-state index in [-0.39, 0.29) is 24.8 Å². The predicted molar refractivity (Wildman–Crippen MR) is 66.5 cm³/mol. The van der Waals surface area contributed by atoms with Gasteiger partial charge in [0, 0.05) is 13.1 Å². The van der Waals surface area contributed by atoms with Gasteiger partial charge >= 0.3 is 12.2 Å². The van der Waals surface area contributed by atoms with E-state index in [4.69, 9.17) is 4.74 Å². The summed E-state index contributed by atoms with van der Waals surface area (Å²) in [5.41, 5.74) is -0.359. The van der Waals surface area contributed by atoms with Gasteiger partial charge in [-0.15, -0.1) is 0 Å². The van der Waals surface area contributed by atoms with Gasteiger partial charge in [0.15, 0.2) is 0 Å². The maximum atomic E-state index is 11.8. The van der Waals surface area contributed by atoms with Gasteiger partial charge in [0.25, 0.3) is 0 Å². The summed E-state index contributed by atoms with van der Waals surface area (Å²) >= 11 is 0. The number of nitrogens with zero attached hydrogens (tertiary/aromatic N) is 1. The van der Waals surface area contributed by atoms with Crippen molar-refractivity contribution in [1.82, 2.24) is 10.2 Å². The monoisotopic (exact) mass is 298 g/mol. The summed E-state index contributed by atoms with van der Waals surface area (Å²) in [7, 11) is 0. The number of amides is 2. The molecule has 0 bridgehead atoms. The number of rotatable bonds is 5. The highest BCUT2D eigenvalue weighted by Crippen LogP contribution is 2.20. The Kier molecular flexibility index (Phi) is 6.07. The van der Waals surface area contributed by atoms with E-state index in [1.807, 2.05) is 13.8 Å². The van der Waals surface area contributed by atoms with E-state index in [9.17, 15) is 18.0 Å². The van der Waals surface area contributed by atoms with E-state index in [1.54, 1.807) is 4.90 Å². The number of carbonyl (C=O) groups excluding carboxylic acids is 1. The molecular weight excluding hydrogens is 277 g/mol. The van der Waals surface area contributed by atoms with Gasteiger partial charge in [0.1, 0.15) is 6.61 Å². The molecule has 2 amide bonds. The molecule has 1 aliphatic rings. The number of halogens is 3. The van der Waals surface area contributed by atoms with Gasteiger partial charge in [-0.25, -0.2) is 4.79 Å². The molecule has 0 aromatic carbocycles. The van der Waals surface area contributed by atoms with Gasteiger partial charge in [-0.1, -0.05) is 6.92 Å². The fourth-order valence-electron chi connectivity index (χ4n) is 1.85. The molecule has 0 saturated carbocycles. The number of alkyl halides is 3. The minimum Gasteiger partial charge on any atom is -0.372 e. The van der Waals surface area contributed by atoms with Crippen LogP contribution in [0.5, 0.6) is 0 Å². The third-order valence-corrected chi connectivity index (χ3v) is 3.16. The molecule has 1 heterocycles. The zero-order valence-electron chi connectivity index (χ0n) is 11.8. The largest absolute Gasteiger partial charge is 0.411 e. The molecule has 0 spiro atoms. The molecule has 1 aliphatic heterocycles. The van der Waals surface area contributed by atoms with E-state index in [0.717, 1.165) is 6.42 Å². The fraction of sp³-hybridized carbons (Fsp3) is 0.917. The quantitative estimate of drug-likeness (QED) is 0.787. The Morgan fingerprint density at radius 2 is 2.20 bits per heavy atom. The summed E-state index contributed by atoms with van der Waals surface area (Å²) in [6.45, 7) is 3.90. The van der Waals surface area contributed by atoms with Crippen LogP contribution in [0.2, 0.25) is 0 Å². The van der Waals surface area contributed by atoms with Crippen molar-refractivity contribution in [2.45, 2.75) is 32.0 Å². The first-order valence-corrected chi connectivity index (χ1v) is 6.57. The number of hydrogen-bond donors (Lipinski definition) is 1. The molecule has 0 unspecified atom stereocenters. The molecule has 20 heavy (non-hydrogen) atoms. The normalized spacial score (nSPS) is 23.8. The summed E-state index contributed by atoms with van der Waals surface area (Å²) in [5, 5.41) is 2.54. The van der Waals surface area contributed by atoms with Crippen LogP contribution in [0.4, 0.5) is 18.0 Å². The summed E-state index contributed by atoms with van der Waals surface area (Å²) in [6.07, 6.45) is -3.55. The van der Waals surface area contributed by atoms with Crippen LogP contribution in [0.3, 0.4) is 0 Å². The lowest BCUT2D eigenvalue weighted by Gasteiger charge is -2.39. The molecule has 1 saturated heterocycles. The van der Waals surface area contributed by atoms with Crippen molar-refractivity contribution in [3.05, 3.63) is 0 Å². The zero-order chi connectivity index (χ0) is 15.2. The molecule has 1 rings (SSSR count). The number of ether oxygens (including phenoxy) is 2. The van der Waals surface area contributed by atoms with Crippen LogP contribution in [0, 0.1) is 0 Å². The Hall–Kier alpha value is -1.02. The second kappa shape index (κ2) is 7.12. The maximum Gasteiger partial charge on any atom is 0.411 e. The van der Waals surface area contributed by atoms with Crippen LogP contribution >= 0.6 is 0 Å². The highest BCUT2D eigenvalue weighted by atomic mass is 19.4. The first kappa shape index (κ1) is 17.0. The Labute approximate surface area is 116 Å². The molecular formula is C12H21F3N2O3. The first-order chi connectivity index (χ1) is 9.26. The average molecular weight is 298 g/mol. The number of morpholine rings is 1. The first-order valence-electron chi connectivity index (χ1n) is 6.57. The van der Waals surface area contributed by atoms with Gasteiger partial charge in [-0.05, 0) is 13.3 Å². The molecule has 1 N–H and O–H groups in total. The van der Waals surface area contributed by atoms with Gasteiger partial charge in [0.05, 0.1) is 25.4 Å². The van der Waals surface area contributed by atoms with Crippen molar-refractivity contribution in [2.24, 2.45) is 0 Å². The fourth-order valence-corrected chi connectivity index (χ4v) is 1.85. The van der Waals surface area contributed by atoms with Crippen molar-refractivity contribution in [3.63, 3.8) is 0 Å². The second-order valence-electron chi connectivity index (χ2n) is 4.97. The van der Waals surface area contributed by atoms with E-state index in [0.29, 0.717) is 19.7 Å². The lowest BCUT2D eigenvalue weighted by Crippen LogP contribution is -2.54. The van der Waals surface area contributed by atoms with Crippen LogP contribution < -0.4 is 5.32 Å². The van der Waals surface area contributed by atoms with Crippen molar-refractivity contribution in [3.8, 4) is 0 Å². The summed E-state index contributed by atoms with van der Waals surface area (Å²) in [5.74, 6) is 0. The van der Waals surface area contributed by atoms with Crippen molar-refractivity contribution >= 4 is 6.03 Å². The topological polar surface area (TPSA) is 50.8 Å².